The number of nitrogens with zero attached hydrogens (tertiary/aromatic N) is 2. The normalized spacial score (nSPS) is 12.1. The summed E-state index contributed by atoms with van der Waals surface area (Å²) in [4.78, 5) is 22.4. The van der Waals surface area contributed by atoms with Crippen molar-refractivity contribution in [1.82, 2.24) is 9.97 Å². The van der Waals surface area contributed by atoms with Crippen molar-refractivity contribution in [1.29, 1.82) is 0 Å². The fourth-order valence-corrected chi connectivity index (χ4v) is 4.00. The summed E-state index contributed by atoms with van der Waals surface area (Å²) in [6, 6.07) is 17.9. The summed E-state index contributed by atoms with van der Waals surface area (Å²) >= 11 is 0. The van der Waals surface area contributed by atoms with Crippen LogP contribution in [-0.2, 0) is 24.1 Å². The number of anilines is 1. The number of fused-ring (bicyclic) bond motifs is 3. The summed E-state index contributed by atoms with van der Waals surface area (Å²) in [6.45, 7) is 0. The molecular weight excluding hydrogens is 424 g/mol. The number of amides is 1. The van der Waals surface area contributed by atoms with Gasteiger partial charge in [0.25, 0.3) is 0 Å². The van der Waals surface area contributed by atoms with Crippen molar-refractivity contribution in [3.8, 4) is 28.3 Å². The highest BCUT2D eigenvalue weighted by atomic mass is 19.2. The Morgan fingerprint density at radius 3 is 2.48 bits per heavy atom. The highest BCUT2D eigenvalue weighted by Crippen LogP contribution is 2.35. The van der Waals surface area contributed by atoms with Crippen molar-refractivity contribution >= 4 is 11.7 Å². The van der Waals surface area contributed by atoms with Crippen LogP contribution in [0.2, 0.25) is 0 Å². The molecule has 1 amide bonds. The van der Waals surface area contributed by atoms with Gasteiger partial charge in [0.15, 0.2) is 17.5 Å². The second-order valence-electron chi connectivity index (χ2n) is 7.89. The molecule has 1 heterocycles. The molecule has 1 aliphatic carbocycles. The van der Waals surface area contributed by atoms with Crippen molar-refractivity contribution < 1.29 is 18.7 Å². The third kappa shape index (κ3) is 4.17. The number of carbonyl (C=O) groups excluding carboxylic acids is 1. The van der Waals surface area contributed by atoms with Gasteiger partial charge in [-0.25, -0.2) is 18.7 Å². The standard InChI is InChI=1S/C26H19F2N3O2/c27-20-11-5-15(13-21(20)28)14-23(33)30-26-24(17-6-9-18(32)10-7-17)31-25-19-4-2-1-3-16(19)8-12-22(25)29-26/h1-7,9-11,13,32H,8,12,14H2,(H,29,30,33). The smallest absolute Gasteiger partial charge is 0.230 e. The number of benzene rings is 3. The van der Waals surface area contributed by atoms with Gasteiger partial charge in [-0.1, -0.05) is 30.3 Å². The van der Waals surface area contributed by atoms with Crippen LogP contribution in [0.3, 0.4) is 0 Å². The molecule has 33 heavy (non-hydrogen) atoms. The Kier molecular flexibility index (Phi) is 5.30. The fraction of sp³-hybridized carbons (Fsp3) is 0.115. The van der Waals surface area contributed by atoms with Gasteiger partial charge >= 0.3 is 0 Å². The molecule has 7 heteroatoms. The molecule has 0 radical (unpaired) electrons. The van der Waals surface area contributed by atoms with Gasteiger partial charge < -0.3 is 10.4 Å². The number of rotatable bonds is 4. The molecule has 5 nitrogen and oxygen atoms in total. The molecule has 3 aromatic carbocycles. The molecule has 4 aromatic rings. The van der Waals surface area contributed by atoms with Gasteiger partial charge in [0.05, 0.1) is 17.8 Å². The highest BCUT2D eigenvalue weighted by molar-refractivity contribution is 5.95. The van der Waals surface area contributed by atoms with Gasteiger partial charge in [-0.15, -0.1) is 0 Å². The Bertz CT molecular complexity index is 1370. The fourth-order valence-electron chi connectivity index (χ4n) is 4.00. The number of aromatic nitrogens is 2. The number of phenolic OH excluding ortho intramolecular Hbond substituents is 1. The molecule has 0 atom stereocenters. The summed E-state index contributed by atoms with van der Waals surface area (Å²) < 4.78 is 26.7. The Morgan fingerprint density at radius 1 is 0.909 bits per heavy atom. The maximum absolute atomic E-state index is 13.5. The van der Waals surface area contributed by atoms with E-state index in [1.165, 1.54) is 23.8 Å². The number of hydrogen-bond donors (Lipinski definition) is 2. The molecule has 0 saturated heterocycles. The van der Waals surface area contributed by atoms with E-state index in [1.807, 2.05) is 18.2 Å². The topological polar surface area (TPSA) is 75.1 Å². The lowest BCUT2D eigenvalue weighted by Crippen LogP contribution is -2.19. The predicted molar refractivity (Wildman–Crippen MR) is 121 cm³/mol. The van der Waals surface area contributed by atoms with Gasteiger partial charge in [-0.2, -0.15) is 0 Å². The molecule has 0 aliphatic heterocycles. The average Bonchev–Trinajstić information content (AvgIpc) is 2.81. The van der Waals surface area contributed by atoms with Crippen LogP contribution < -0.4 is 5.32 Å². The van der Waals surface area contributed by atoms with Crippen LogP contribution in [0.4, 0.5) is 14.6 Å². The number of hydrogen-bond acceptors (Lipinski definition) is 4. The maximum atomic E-state index is 13.5. The Morgan fingerprint density at radius 2 is 1.70 bits per heavy atom. The minimum absolute atomic E-state index is 0.110. The number of halogens is 2. The van der Waals surface area contributed by atoms with Crippen LogP contribution in [0.15, 0.2) is 66.7 Å². The Balaban J connectivity index is 1.54. The minimum Gasteiger partial charge on any atom is -0.508 e. The molecule has 0 spiro atoms. The van der Waals surface area contributed by atoms with Crippen molar-refractivity contribution in [3.05, 3.63) is 95.2 Å². The van der Waals surface area contributed by atoms with E-state index in [0.29, 0.717) is 23.2 Å². The van der Waals surface area contributed by atoms with Gasteiger partial charge in [-0.3, -0.25) is 4.79 Å². The largest absolute Gasteiger partial charge is 0.508 e. The average molecular weight is 443 g/mol. The molecule has 0 fully saturated rings. The third-order valence-electron chi connectivity index (χ3n) is 5.62. The first kappa shape index (κ1) is 20.8. The Labute approximate surface area is 188 Å². The number of nitrogens with one attached hydrogen (secondary N) is 1. The summed E-state index contributed by atoms with van der Waals surface area (Å²) in [6.07, 6.45) is 1.35. The van der Waals surface area contributed by atoms with E-state index >= 15 is 0 Å². The van der Waals surface area contributed by atoms with Crippen molar-refractivity contribution in [2.45, 2.75) is 19.3 Å². The van der Waals surface area contributed by atoms with Crippen LogP contribution in [0, 0.1) is 11.6 Å². The minimum atomic E-state index is -1.00. The van der Waals surface area contributed by atoms with Gasteiger partial charge in [0, 0.05) is 11.1 Å². The first-order valence-electron chi connectivity index (χ1n) is 10.5. The second kappa shape index (κ2) is 8.43. The van der Waals surface area contributed by atoms with E-state index in [4.69, 9.17) is 9.97 Å². The third-order valence-corrected chi connectivity index (χ3v) is 5.62. The second-order valence-corrected chi connectivity index (χ2v) is 7.89. The molecule has 0 unspecified atom stereocenters. The van der Waals surface area contributed by atoms with Crippen LogP contribution >= 0.6 is 0 Å². The van der Waals surface area contributed by atoms with E-state index in [-0.39, 0.29) is 18.0 Å². The van der Waals surface area contributed by atoms with Crippen LogP contribution in [-0.4, -0.2) is 21.0 Å². The number of aromatic hydroxyl groups is 1. The highest BCUT2D eigenvalue weighted by Gasteiger charge is 2.23. The van der Waals surface area contributed by atoms with E-state index in [1.54, 1.807) is 12.1 Å². The summed E-state index contributed by atoms with van der Waals surface area (Å²) in [7, 11) is 0. The molecule has 2 N–H and O–H groups in total. The molecule has 164 valence electrons. The zero-order valence-electron chi connectivity index (χ0n) is 17.5. The lowest BCUT2D eigenvalue weighted by Gasteiger charge is -2.21. The lowest BCUT2D eigenvalue weighted by molar-refractivity contribution is -0.115. The first-order valence-corrected chi connectivity index (χ1v) is 10.5. The maximum Gasteiger partial charge on any atom is 0.230 e. The van der Waals surface area contributed by atoms with E-state index < -0.39 is 17.5 Å². The zero-order valence-corrected chi connectivity index (χ0v) is 17.5. The van der Waals surface area contributed by atoms with E-state index in [2.05, 4.69) is 11.4 Å². The monoisotopic (exact) mass is 443 g/mol. The van der Waals surface area contributed by atoms with Crippen LogP contribution in [0.5, 0.6) is 5.75 Å². The molecular formula is C26H19F2N3O2. The molecule has 0 saturated carbocycles. The van der Waals surface area contributed by atoms with Crippen molar-refractivity contribution in [2.75, 3.05) is 5.32 Å². The molecule has 5 rings (SSSR count). The number of phenols is 1. The van der Waals surface area contributed by atoms with Gasteiger partial charge in [-0.05, 0) is 60.4 Å². The van der Waals surface area contributed by atoms with E-state index in [9.17, 15) is 18.7 Å². The molecule has 1 aliphatic rings. The predicted octanol–water partition coefficient (Wildman–Crippen LogP) is 5.07. The summed E-state index contributed by atoms with van der Waals surface area (Å²) in [5, 5.41) is 12.5. The van der Waals surface area contributed by atoms with Crippen LogP contribution in [0.1, 0.15) is 16.8 Å². The quantitative estimate of drug-likeness (QED) is 0.462. The number of aryl methyl sites for hydroxylation is 2. The summed E-state index contributed by atoms with van der Waals surface area (Å²) in [5.74, 6) is -2.00. The number of carbonyl (C=O) groups is 1. The molecule has 1 aromatic heterocycles. The van der Waals surface area contributed by atoms with Gasteiger partial charge in [0.2, 0.25) is 5.91 Å². The van der Waals surface area contributed by atoms with E-state index in [0.717, 1.165) is 35.5 Å². The zero-order chi connectivity index (χ0) is 22.9. The van der Waals surface area contributed by atoms with Crippen molar-refractivity contribution in [2.24, 2.45) is 0 Å². The SMILES string of the molecule is O=C(Cc1ccc(F)c(F)c1)Nc1nc2c(nc1-c1ccc(O)cc1)-c1ccccc1CC2. The first-order chi connectivity index (χ1) is 16.0. The molecule has 0 bridgehead atoms. The van der Waals surface area contributed by atoms with Crippen LogP contribution in [0.25, 0.3) is 22.5 Å². The van der Waals surface area contributed by atoms with Gasteiger partial charge in [0.1, 0.15) is 11.4 Å². The lowest BCUT2D eigenvalue weighted by atomic mass is 9.91. The van der Waals surface area contributed by atoms with Crippen molar-refractivity contribution in [3.63, 3.8) is 0 Å². The summed E-state index contributed by atoms with van der Waals surface area (Å²) in [5.41, 5.74) is 5.21. The Hall–Kier alpha value is -4.13.